The summed E-state index contributed by atoms with van der Waals surface area (Å²) >= 11 is 6.22. The van der Waals surface area contributed by atoms with E-state index in [9.17, 15) is 0 Å². The molecule has 0 fully saturated rings. The first kappa shape index (κ1) is 11.6. The van der Waals surface area contributed by atoms with Crippen LogP contribution in [0.5, 0.6) is 0 Å². The van der Waals surface area contributed by atoms with Gasteiger partial charge >= 0.3 is 0 Å². The predicted molar refractivity (Wildman–Crippen MR) is 79.4 cm³/mol. The molecule has 0 aliphatic carbocycles. The summed E-state index contributed by atoms with van der Waals surface area (Å²) in [5.41, 5.74) is 3.62. The Balaban J connectivity index is 2.20. The van der Waals surface area contributed by atoms with E-state index in [0.717, 1.165) is 17.0 Å². The molecule has 1 N–H and O–H groups in total. The van der Waals surface area contributed by atoms with Gasteiger partial charge < -0.3 is 4.98 Å². The van der Waals surface area contributed by atoms with Crippen molar-refractivity contribution in [3.63, 3.8) is 0 Å². The topological polar surface area (TPSA) is 15.8 Å². The largest absolute Gasteiger partial charge is 0.353 e. The minimum absolute atomic E-state index is 0.791. The highest BCUT2D eigenvalue weighted by atomic mass is 35.5. The maximum atomic E-state index is 6.22. The molecule has 0 radical (unpaired) electrons. The standard InChI is InChI=1S/C16H16ClN/c1-2-3-5-11-8-9-15-13(10-11)12-6-4-7-14(17)16(12)18-15/h4,6-10,18H,2-3,5H2,1H3. The van der Waals surface area contributed by atoms with E-state index in [-0.39, 0.29) is 0 Å². The van der Waals surface area contributed by atoms with Gasteiger partial charge in [0.15, 0.2) is 0 Å². The number of halogens is 1. The molecule has 3 rings (SSSR count). The molecule has 3 aromatic rings. The van der Waals surface area contributed by atoms with Gasteiger partial charge in [0.2, 0.25) is 0 Å². The van der Waals surface area contributed by atoms with Crippen molar-refractivity contribution in [3.05, 3.63) is 47.0 Å². The smallest absolute Gasteiger partial charge is 0.0654 e. The maximum absolute atomic E-state index is 6.22. The van der Waals surface area contributed by atoms with Crippen LogP contribution in [0.15, 0.2) is 36.4 Å². The molecule has 18 heavy (non-hydrogen) atoms. The second-order valence-electron chi connectivity index (χ2n) is 4.77. The van der Waals surface area contributed by atoms with Crippen molar-refractivity contribution in [1.82, 2.24) is 4.98 Å². The third-order valence-electron chi connectivity index (χ3n) is 3.47. The van der Waals surface area contributed by atoms with Crippen molar-refractivity contribution in [2.24, 2.45) is 0 Å². The zero-order valence-electron chi connectivity index (χ0n) is 10.5. The van der Waals surface area contributed by atoms with Crippen LogP contribution in [-0.4, -0.2) is 4.98 Å². The molecule has 0 aliphatic heterocycles. The number of nitrogens with one attached hydrogen (secondary N) is 1. The highest BCUT2D eigenvalue weighted by molar-refractivity contribution is 6.36. The molecule has 1 nitrogen and oxygen atoms in total. The Morgan fingerprint density at radius 2 is 2.00 bits per heavy atom. The SMILES string of the molecule is CCCCc1ccc2[nH]c3c(Cl)cccc3c2c1. The fraction of sp³-hybridized carbons (Fsp3) is 0.250. The number of aromatic nitrogens is 1. The number of aryl methyl sites for hydroxylation is 1. The summed E-state index contributed by atoms with van der Waals surface area (Å²) in [5.74, 6) is 0. The molecule has 0 aliphatic rings. The lowest BCUT2D eigenvalue weighted by Crippen LogP contribution is -1.83. The molecular weight excluding hydrogens is 242 g/mol. The molecule has 0 spiro atoms. The zero-order chi connectivity index (χ0) is 12.5. The van der Waals surface area contributed by atoms with Crippen LogP contribution in [0.4, 0.5) is 0 Å². The van der Waals surface area contributed by atoms with E-state index in [0.29, 0.717) is 0 Å². The van der Waals surface area contributed by atoms with Crippen molar-refractivity contribution in [1.29, 1.82) is 0 Å². The summed E-state index contributed by atoms with van der Waals surface area (Å²) in [4.78, 5) is 3.40. The molecule has 0 atom stereocenters. The van der Waals surface area contributed by atoms with Crippen LogP contribution in [0.1, 0.15) is 25.3 Å². The first-order valence-electron chi connectivity index (χ1n) is 6.48. The van der Waals surface area contributed by atoms with Crippen molar-refractivity contribution < 1.29 is 0 Å². The second-order valence-corrected chi connectivity index (χ2v) is 5.18. The van der Waals surface area contributed by atoms with Gasteiger partial charge in [0.25, 0.3) is 0 Å². The molecule has 2 heteroatoms. The fourth-order valence-corrected chi connectivity index (χ4v) is 2.69. The van der Waals surface area contributed by atoms with E-state index in [1.165, 1.54) is 34.7 Å². The molecule has 0 unspecified atom stereocenters. The van der Waals surface area contributed by atoms with Crippen LogP contribution in [-0.2, 0) is 6.42 Å². The van der Waals surface area contributed by atoms with E-state index in [1.54, 1.807) is 0 Å². The number of fused-ring (bicyclic) bond motifs is 3. The van der Waals surface area contributed by atoms with Gasteiger partial charge in [-0.25, -0.2) is 0 Å². The van der Waals surface area contributed by atoms with Gasteiger partial charge in [0.1, 0.15) is 0 Å². The minimum atomic E-state index is 0.791. The minimum Gasteiger partial charge on any atom is -0.353 e. The van der Waals surface area contributed by atoms with Crippen molar-refractivity contribution >= 4 is 33.4 Å². The molecule has 2 aromatic carbocycles. The molecule has 0 saturated heterocycles. The van der Waals surface area contributed by atoms with Gasteiger partial charge in [-0.2, -0.15) is 0 Å². The number of H-pyrrole nitrogens is 1. The third-order valence-corrected chi connectivity index (χ3v) is 3.78. The Hall–Kier alpha value is -1.47. The van der Waals surface area contributed by atoms with Gasteiger partial charge in [0.05, 0.1) is 10.5 Å². The highest BCUT2D eigenvalue weighted by Gasteiger charge is 2.07. The highest BCUT2D eigenvalue weighted by Crippen LogP contribution is 2.30. The summed E-state index contributed by atoms with van der Waals surface area (Å²) in [5, 5.41) is 3.29. The molecule has 0 bridgehead atoms. The van der Waals surface area contributed by atoms with Gasteiger partial charge in [-0.3, -0.25) is 0 Å². The molecule has 1 aromatic heterocycles. The number of benzene rings is 2. The number of aromatic amines is 1. The van der Waals surface area contributed by atoms with Gasteiger partial charge in [-0.1, -0.05) is 43.1 Å². The van der Waals surface area contributed by atoms with Crippen molar-refractivity contribution in [2.75, 3.05) is 0 Å². The van der Waals surface area contributed by atoms with E-state index in [2.05, 4.69) is 36.2 Å². The maximum Gasteiger partial charge on any atom is 0.0654 e. The Morgan fingerprint density at radius 3 is 2.83 bits per heavy atom. The number of para-hydroxylation sites is 1. The predicted octanol–water partition coefficient (Wildman–Crippen LogP) is 5.32. The lowest BCUT2D eigenvalue weighted by molar-refractivity contribution is 0.796. The van der Waals surface area contributed by atoms with Crippen LogP contribution in [0.25, 0.3) is 21.8 Å². The molecule has 0 saturated carbocycles. The third kappa shape index (κ3) is 1.89. The van der Waals surface area contributed by atoms with Crippen LogP contribution in [0.3, 0.4) is 0 Å². The van der Waals surface area contributed by atoms with Gasteiger partial charge in [0, 0.05) is 16.3 Å². The van der Waals surface area contributed by atoms with E-state index >= 15 is 0 Å². The van der Waals surface area contributed by atoms with Crippen molar-refractivity contribution in [3.8, 4) is 0 Å². The average Bonchev–Trinajstić information content (AvgIpc) is 2.76. The Morgan fingerprint density at radius 1 is 1.11 bits per heavy atom. The summed E-state index contributed by atoms with van der Waals surface area (Å²) < 4.78 is 0. The van der Waals surface area contributed by atoms with E-state index < -0.39 is 0 Å². The second kappa shape index (κ2) is 4.66. The van der Waals surface area contributed by atoms with Crippen LogP contribution >= 0.6 is 11.6 Å². The zero-order valence-corrected chi connectivity index (χ0v) is 11.2. The van der Waals surface area contributed by atoms with Gasteiger partial charge in [-0.05, 0) is 36.6 Å². The number of hydrogen-bond acceptors (Lipinski definition) is 0. The first-order valence-corrected chi connectivity index (χ1v) is 6.86. The van der Waals surface area contributed by atoms with E-state index in [1.807, 2.05) is 12.1 Å². The Labute approximate surface area is 112 Å². The molecule has 92 valence electrons. The summed E-state index contributed by atoms with van der Waals surface area (Å²) in [6, 6.07) is 12.7. The Bertz CT molecular complexity index is 697. The number of rotatable bonds is 3. The molecule has 1 heterocycles. The number of hydrogen-bond donors (Lipinski definition) is 1. The molecule has 0 amide bonds. The summed E-state index contributed by atoms with van der Waals surface area (Å²) in [6.07, 6.45) is 3.63. The van der Waals surface area contributed by atoms with Crippen LogP contribution in [0.2, 0.25) is 5.02 Å². The average molecular weight is 258 g/mol. The lowest BCUT2D eigenvalue weighted by Gasteiger charge is -2.00. The van der Waals surface area contributed by atoms with Crippen LogP contribution < -0.4 is 0 Å². The quantitative estimate of drug-likeness (QED) is 0.654. The molecular formula is C16H16ClN. The first-order chi connectivity index (χ1) is 8.79. The monoisotopic (exact) mass is 257 g/mol. The van der Waals surface area contributed by atoms with E-state index in [4.69, 9.17) is 11.6 Å². The van der Waals surface area contributed by atoms with Gasteiger partial charge in [-0.15, -0.1) is 0 Å². The summed E-state index contributed by atoms with van der Waals surface area (Å²) in [7, 11) is 0. The normalized spacial score (nSPS) is 11.4. The number of unbranched alkanes of at least 4 members (excludes halogenated alkanes) is 1. The fourth-order valence-electron chi connectivity index (χ4n) is 2.47. The lowest BCUT2D eigenvalue weighted by atomic mass is 10.0. The van der Waals surface area contributed by atoms with Crippen molar-refractivity contribution in [2.45, 2.75) is 26.2 Å². The Kier molecular flexibility index (Phi) is 3.00. The summed E-state index contributed by atoms with van der Waals surface area (Å²) in [6.45, 7) is 2.23. The van der Waals surface area contributed by atoms with Crippen LogP contribution in [0, 0.1) is 0 Å².